The topological polar surface area (TPSA) is 116 Å². The summed E-state index contributed by atoms with van der Waals surface area (Å²) in [6.45, 7) is -0.173. The van der Waals surface area contributed by atoms with Gasteiger partial charge in [-0.3, -0.25) is 4.72 Å². The third-order valence-electron chi connectivity index (χ3n) is 3.31. The van der Waals surface area contributed by atoms with Crippen LogP contribution in [0.25, 0.3) is 5.69 Å². The number of benzene rings is 2. The van der Waals surface area contributed by atoms with Crippen molar-refractivity contribution in [2.75, 3.05) is 11.0 Å². The van der Waals surface area contributed by atoms with Crippen LogP contribution in [-0.2, 0) is 21.4 Å². The summed E-state index contributed by atoms with van der Waals surface area (Å²) in [5, 5.41) is 11.3. The largest absolute Gasteiger partial charge is 0.454 e. The smallest absolute Gasteiger partial charge is 0.340 e. The molecule has 0 spiro atoms. The number of esters is 1. The fourth-order valence-corrected chi connectivity index (χ4v) is 2.80. The normalized spacial score (nSPS) is 11.1. The molecular formula is C16H15N5O4S. The maximum absolute atomic E-state index is 12.4. The quantitative estimate of drug-likeness (QED) is 0.649. The molecule has 3 aromatic rings. The highest BCUT2D eigenvalue weighted by atomic mass is 32.2. The first-order valence-corrected chi connectivity index (χ1v) is 9.40. The molecule has 0 unspecified atom stereocenters. The van der Waals surface area contributed by atoms with Crippen LogP contribution < -0.4 is 4.72 Å². The van der Waals surface area contributed by atoms with Gasteiger partial charge in [0.2, 0.25) is 10.0 Å². The van der Waals surface area contributed by atoms with Crippen LogP contribution in [0.4, 0.5) is 5.69 Å². The Bertz CT molecular complexity index is 1020. The van der Waals surface area contributed by atoms with Crippen molar-refractivity contribution >= 4 is 21.7 Å². The van der Waals surface area contributed by atoms with Gasteiger partial charge in [-0.25, -0.2) is 13.2 Å². The molecule has 0 saturated carbocycles. The van der Waals surface area contributed by atoms with E-state index in [0.29, 0.717) is 5.82 Å². The summed E-state index contributed by atoms with van der Waals surface area (Å²) < 4.78 is 31.8. The number of rotatable bonds is 6. The molecule has 0 radical (unpaired) electrons. The van der Waals surface area contributed by atoms with Gasteiger partial charge in [-0.05, 0) is 34.7 Å². The van der Waals surface area contributed by atoms with Crippen LogP contribution in [0, 0.1) is 0 Å². The Morgan fingerprint density at radius 1 is 1.12 bits per heavy atom. The van der Waals surface area contributed by atoms with E-state index in [1.807, 2.05) is 30.3 Å². The number of aromatic nitrogens is 4. The molecule has 1 aromatic heterocycles. The first kappa shape index (κ1) is 17.5. The molecule has 0 aliphatic rings. The second-order valence-electron chi connectivity index (χ2n) is 5.34. The van der Waals surface area contributed by atoms with Crippen molar-refractivity contribution in [3.63, 3.8) is 0 Å². The first-order valence-electron chi connectivity index (χ1n) is 7.51. The van der Waals surface area contributed by atoms with E-state index >= 15 is 0 Å². The van der Waals surface area contributed by atoms with Gasteiger partial charge in [-0.2, -0.15) is 4.68 Å². The van der Waals surface area contributed by atoms with Gasteiger partial charge in [0.25, 0.3) is 0 Å². The summed E-state index contributed by atoms with van der Waals surface area (Å²) in [7, 11) is -3.53. The van der Waals surface area contributed by atoms with E-state index in [9.17, 15) is 13.2 Å². The highest BCUT2D eigenvalue weighted by Gasteiger charge is 2.17. The zero-order valence-corrected chi connectivity index (χ0v) is 14.5. The molecule has 3 rings (SSSR count). The highest BCUT2D eigenvalue weighted by Crippen LogP contribution is 2.18. The lowest BCUT2D eigenvalue weighted by molar-refractivity contribution is 0.0461. The van der Waals surface area contributed by atoms with Gasteiger partial charge in [-0.15, -0.1) is 5.10 Å². The maximum atomic E-state index is 12.4. The SMILES string of the molecule is CS(=O)(=O)Nc1ccccc1C(=O)OCc1nnnn1-c1ccccc1. The van der Waals surface area contributed by atoms with Gasteiger partial charge in [0, 0.05) is 0 Å². The molecular weight excluding hydrogens is 358 g/mol. The number of hydrogen-bond acceptors (Lipinski definition) is 7. The molecule has 0 aliphatic carbocycles. The van der Waals surface area contributed by atoms with Crippen LogP contribution in [-0.4, -0.2) is 40.9 Å². The maximum Gasteiger partial charge on any atom is 0.340 e. The van der Waals surface area contributed by atoms with E-state index in [-0.39, 0.29) is 17.9 Å². The number of hydrogen-bond donors (Lipinski definition) is 1. The molecule has 2 aromatic carbocycles. The second-order valence-corrected chi connectivity index (χ2v) is 7.09. The fourth-order valence-electron chi connectivity index (χ4n) is 2.22. The molecule has 1 N–H and O–H groups in total. The molecule has 134 valence electrons. The predicted octanol–water partition coefficient (Wildman–Crippen LogP) is 1.39. The van der Waals surface area contributed by atoms with E-state index < -0.39 is 16.0 Å². The monoisotopic (exact) mass is 373 g/mol. The Morgan fingerprint density at radius 3 is 2.54 bits per heavy atom. The minimum Gasteiger partial charge on any atom is -0.454 e. The van der Waals surface area contributed by atoms with E-state index in [0.717, 1.165) is 11.9 Å². The van der Waals surface area contributed by atoms with Gasteiger partial charge in [0.05, 0.1) is 23.2 Å². The number of nitrogens with one attached hydrogen (secondary N) is 1. The number of anilines is 1. The Balaban J connectivity index is 1.76. The van der Waals surface area contributed by atoms with E-state index in [1.165, 1.54) is 16.8 Å². The van der Waals surface area contributed by atoms with Gasteiger partial charge < -0.3 is 4.74 Å². The third-order valence-corrected chi connectivity index (χ3v) is 3.90. The van der Waals surface area contributed by atoms with E-state index in [2.05, 4.69) is 20.2 Å². The minimum absolute atomic E-state index is 0.0941. The van der Waals surface area contributed by atoms with Crippen LogP contribution in [0.15, 0.2) is 54.6 Å². The van der Waals surface area contributed by atoms with Crippen molar-refractivity contribution in [3.8, 4) is 5.69 Å². The lowest BCUT2D eigenvalue weighted by Crippen LogP contribution is -2.15. The number of ether oxygens (including phenoxy) is 1. The number of para-hydroxylation sites is 2. The van der Waals surface area contributed by atoms with Gasteiger partial charge in [-0.1, -0.05) is 30.3 Å². The van der Waals surface area contributed by atoms with E-state index in [4.69, 9.17) is 4.74 Å². The van der Waals surface area contributed by atoms with Crippen LogP contribution in [0.5, 0.6) is 0 Å². The molecule has 10 heteroatoms. The summed E-state index contributed by atoms with van der Waals surface area (Å²) >= 11 is 0. The van der Waals surface area contributed by atoms with Crippen molar-refractivity contribution in [1.82, 2.24) is 20.2 Å². The molecule has 1 heterocycles. The predicted molar refractivity (Wildman–Crippen MR) is 93.2 cm³/mol. The number of nitrogens with zero attached hydrogens (tertiary/aromatic N) is 4. The molecule has 0 saturated heterocycles. The highest BCUT2D eigenvalue weighted by molar-refractivity contribution is 7.92. The summed E-state index contributed by atoms with van der Waals surface area (Å²) in [5.41, 5.74) is 0.960. The lowest BCUT2D eigenvalue weighted by atomic mass is 10.2. The van der Waals surface area contributed by atoms with Gasteiger partial charge in [0.1, 0.15) is 0 Å². The Kier molecular flexibility index (Phi) is 4.94. The number of carbonyl (C=O) groups is 1. The van der Waals surface area contributed by atoms with Crippen molar-refractivity contribution in [2.45, 2.75) is 6.61 Å². The average molecular weight is 373 g/mol. The first-order chi connectivity index (χ1) is 12.4. The summed E-state index contributed by atoms with van der Waals surface area (Å²) in [6.07, 6.45) is 1.00. The Labute approximate surface area is 149 Å². The van der Waals surface area contributed by atoms with Crippen molar-refractivity contribution in [2.24, 2.45) is 0 Å². The van der Waals surface area contributed by atoms with Crippen LogP contribution in [0.3, 0.4) is 0 Å². The summed E-state index contributed by atoms with van der Waals surface area (Å²) in [4.78, 5) is 12.4. The van der Waals surface area contributed by atoms with Crippen molar-refractivity contribution in [3.05, 3.63) is 66.0 Å². The number of tetrazole rings is 1. The third kappa shape index (κ3) is 4.22. The van der Waals surface area contributed by atoms with Crippen LogP contribution in [0.2, 0.25) is 0 Å². The number of sulfonamides is 1. The lowest BCUT2D eigenvalue weighted by Gasteiger charge is -2.10. The Morgan fingerprint density at radius 2 is 1.81 bits per heavy atom. The standard InChI is InChI=1S/C16H15N5O4S/c1-26(23,24)18-14-10-6-5-9-13(14)16(22)25-11-15-17-19-20-21(15)12-7-3-2-4-8-12/h2-10,18H,11H2,1H3. The average Bonchev–Trinajstić information content (AvgIpc) is 3.08. The van der Waals surface area contributed by atoms with Crippen LogP contribution in [0.1, 0.15) is 16.2 Å². The molecule has 0 bridgehead atoms. The van der Waals surface area contributed by atoms with Gasteiger partial charge in [0.15, 0.2) is 12.4 Å². The molecule has 0 atom stereocenters. The second kappa shape index (κ2) is 7.31. The zero-order chi connectivity index (χ0) is 18.6. The molecule has 0 fully saturated rings. The molecule has 26 heavy (non-hydrogen) atoms. The Hall–Kier alpha value is -3.27. The molecule has 0 amide bonds. The van der Waals surface area contributed by atoms with E-state index in [1.54, 1.807) is 12.1 Å². The van der Waals surface area contributed by atoms with Crippen molar-refractivity contribution < 1.29 is 17.9 Å². The summed E-state index contributed by atoms with van der Waals surface area (Å²) in [5.74, 6) is -0.363. The summed E-state index contributed by atoms with van der Waals surface area (Å²) in [6, 6.07) is 15.3. The van der Waals surface area contributed by atoms with Gasteiger partial charge >= 0.3 is 5.97 Å². The zero-order valence-electron chi connectivity index (χ0n) is 13.7. The van der Waals surface area contributed by atoms with Crippen LogP contribution >= 0.6 is 0 Å². The fraction of sp³-hybridized carbons (Fsp3) is 0.125. The molecule has 0 aliphatic heterocycles. The van der Waals surface area contributed by atoms with Crippen molar-refractivity contribution in [1.29, 1.82) is 0 Å². The minimum atomic E-state index is -3.53. The molecule has 9 nitrogen and oxygen atoms in total. The number of carbonyl (C=O) groups excluding carboxylic acids is 1.